The van der Waals surface area contributed by atoms with Crippen LogP contribution < -0.4 is 0 Å². The van der Waals surface area contributed by atoms with E-state index in [9.17, 15) is 13.5 Å². The van der Waals surface area contributed by atoms with Crippen LogP contribution in [-0.4, -0.2) is 43.8 Å². The van der Waals surface area contributed by atoms with Crippen LogP contribution in [0.5, 0.6) is 0 Å². The van der Waals surface area contributed by atoms with Crippen molar-refractivity contribution < 1.29 is 13.5 Å². The molecular weight excluding hydrogens is 442 g/mol. The van der Waals surface area contributed by atoms with E-state index in [0.29, 0.717) is 11.5 Å². The maximum absolute atomic E-state index is 11.7. The number of rotatable bonds is 8. The average molecular weight is 484 g/mol. The van der Waals surface area contributed by atoms with E-state index >= 15 is 0 Å². The molecule has 1 saturated heterocycles. The highest BCUT2D eigenvalue weighted by atomic mass is 32.2. The molecule has 2 aromatic carbocycles. The molecule has 4 nitrogen and oxygen atoms in total. The van der Waals surface area contributed by atoms with Gasteiger partial charge in [0.1, 0.15) is 6.10 Å². The first-order valence-electron chi connectivity index (χ1n) is 13.1. The molecule has 0 spiro atoms. The quantitative estimate of drug-likeness (QED) is 0.493. The first kappa shape index (κ1) is 25.4. The smallest absolute Gasteiger partial charge is 0.175 e. The normalized spacial score (nSPS) is 22.4. The fourth-order valence-corrected chi connectivity index (χ4v) is 6.59. The highest BCUT2D eigenvalue weighted by Crippen LogP contribution is 2.33. The van der Waals surface area contributed by atoms with Crippen molar-refractivity contribution in [2.45, 2.75) is 87.7 Å². The summed E-state index contributed by atoms with van der Waals surface area (Å²) in [6.45, 7) is 4.58. The third kappa shape index (κ3) is 6.50. The molecule has 1 N–H and O–H groups in total. The van der Waals surface area contributed by atoms with Crippen molar-refractivity contribution >= 4 is 9.84 Å². The van der Waals surface area contributed by atoms with Crippen molar-refractivity contribution in [2.24, 2.45) is 5.92 Å². The molecule has 3 atom stereocenters. The predicted octanol–water partition coefficient (Wildman–Crippen LogP) is 6.10. The zero-order valence-electron chi connectivity index (χ0n) is 20.8. The van der Waals surface area contributed by atoms with Crippen LogP contribution in [0.1, 0.15) is 93.4 Å². The second-order valence-corrected chi connectivity index (χ2v) is 12.7. The largest absolute Gasteiger partial charge is 0.384 e. The third-order valence-corrected chi connectivity index (χ3v) is 9.14. The van der Waals surface area contributed by atoms with Crippen LogP contribution in [0.15, 0.2) is 53.4 Å². The van der Waals surface area contributed by atoms with Crippen molar-refractivity contribution in [1.29, 1.82) is 0 Å². The van der Waals surface area contributed by atoms with Gasteiger partial charge in [-0.25, -0.2) is 8.42 Å². The van der Waals surface area contributed by atoms with Gasteiger partial charge < -0.3 is 5.11 Å². The first-order valence-corrected chi connectivity index (χ1v) is 15.0. The van der Waals surface area contributed by atoms with Crippen LogP contribution in [0.25, 0.3) is 0 Å². The number of piperidine rings is 1. The molecule has 0 bridgehead atoms. The number of benzene rings is 2. The van der Waals surface area contributed by atoms with Gasteiger partial charge in [-0.15, -0.1) is 0 Å². The van der Waals surface area contributed by atoms with Crippen LogP contribution in [0.3, 0.4) is 0 Å². The highest BCUT2D eigenvalue weighted by Gasteiger charge is 2.27. The summed E-state index contributed by atoms with van der Waals surface area (Å²) in [7, 11) is -3.24. The fourth-order valence-electron chi connectivity index (χ4n) is 5.96. The minimum Gasteiger partial charge on any atom is -0.384 e. The molecule has 1 saturated carbocycles. The molecule has 1 heterocycles. The Hall–Kier alpha value is -1.69. The summed E-state index contributed by atoms with van der Waals surface area (Å²) in [6, 6.07) is 15.6. The minimum absolute atomic E-state index is 0.273. The van der Waals surface area contributed by atoms with Gasteiger partial charge in [0.05, 0.1) is 4.90 Å². The topological polar surface area (TPSA) is 57.6 Å². The summed E-state index contributed by atoms with van der Waals surface area (Å²) in [5, 5.41) is 11.0. The number of nitrogens with zero attached hydrogens (tertiary/aromatic N) is 1. The molecule has 1 aliphatic carbocycles. The summed E-state index contributed by atoms with van der Waals surface area (Å²) in [6.07, 6.45) is 12.9. The van der Waals surface area contributed by atoms with Crippen LogP contribution in [-0.2, 0) is 9.84 Å². The lowest BCUT2D eigenvalue weighted by atomic mass is 9.82. The van der Waals surface area contributed by atoms with E-state index in [1.807, 2.05) is 12.1 Å². The van der Waals surface area contributed by atoms with Crippen molar-refractivity contribution in [3.8, 4) is 0 Å². The minimum atomic E-state index is -3.24. The molecule has 186 valence electrons. The molecule has 2 aromatic rings. The molecule has 34 heavy (non-hydrogen) atoms. The van der Waals surface area contributed by atoms with E-state index in [0.717, 1.165) is 24.1 Å². The molecule has 5 heteroatoms. The summed E-state index contributed by atoms with van der Waals surface area (Å²) in [4.78, 5) is 3.02. The predicted molar refractivity (Wildman–Crippen MR) is 139 cm³/mol. The lowest BCUT2D eigenvalue weighted by Gasteiger charge is -2.40. The van der Waals surface area contributed by atoms with Crippen molar-refractivity contribution in [3.63, 3.8) is 0 Å². The average Bonchev–Trinajstić information content (AvgIpc) is 2.85. The summed E-state index contributed by atoms with van der Waals surface area (Å²) in [5.74, 6) is 1.31. The number of aliphatic hydroxyl groups is 1. The van der Waals surface area contributed by atoms with Gasteiger partial charge in [-0.2, -0.15) is 0 Å². The molecular formula is C29H41NO3S. The molecule has 2 fully saturated rings. The van der Waals surface area contributed by atoms with Gasteiger partial charge in [0.25, 0.3) is 0 Å². The Morgan fingerprint density at radius 3 is 2.29 bits per heavy atom. The molecule has 4 rings (SSSR count). The fraction of sp³-hybridized carbons (Fsp3) is 0.586. The van der Waals surface area contributed by atoms with Crippen molar-refractivity contribution in [2.75, 3.05) is 19.3 Å². The molecule has 3 unspecified atom stereocenters. The number of hydrogen-bond acceptors (Lipinski definition) is 4. The van der Waals surface area contributed by atoms with Gasteiger partial charge in [-0.1, -0.05) is 81.8 Å². The van der Waals surface area contributed by atoms with E-state index in [1.54, 1.807) is 24.3 Å². The number of sulfone groups is 1. The lowest BCUT2D eigenvalue weighted by Crippen LogP contribution is -2.42. The molecule has 0 aromatic heterocycles. The molecule has 0 amide bonds. The maximum Gasteiger partial charge on any atom is 0.175 e. The summed E-state index contributed by atoms with van der Waals surface area (Å²) in [5.41, 5.74) is 2.82. The van der Waals surface area contributed by atoms with Crippen LogP contribution in [0.2, 0.25) is 0 Å². The monoisotopic (exact) mass is 483 g/mol. The number of likely N-dealkylation sites (tertiary alicyclic amines) is 1. The van der Waals surface area contributed by atoms with Crippen LogP contribution >= 0.6 is 0 Å². The summed E-state index contributed by atoms with van der Waals surface area (Å²) >= 11 is 0. The van der Waals surface area contributed by atoms with Gasteiger partial charge in [-0.05, 0) is 66.5 Å². The van der Waals surface area contributed by atoms with Crippen molar-refractivity contribution in [1.82, 2.24) is 4.90 Å². The van der Waals surface area contributed by atoms with Gasteiger partial charge in [0.2, 0.25) is 0 Å². The Morgan fingerprint density at radius 1 is 0.912 bits per heavy atom. The Labute approximate surface area is 206 Å². The zero-order chi connectivity index (χ0) is 24.1. The van der Waals surface area contributed by atoms with Crippen molar-refractivity contribution in [3.05, 3.63) is 65.2 Å². The second kappa shape index (κ2) is 11.4. The summed E-state index contributed by atoms with van der Waals surface area (Å²) < 4.78 is 23.5. The van der Waals surface area contributed by atoms with E-state index in [1.165, 1.54) is 76.2 Å². The van der Waals surface area contributed by atoms with Crippen LogP contribution in [0.4, 0.5) is 0 Å². The number of hydrogen-bond donors (Lipinski definition) is 1. The van der Waals surface area contributed by atoms with E-state index < -0.39 is 15.9 Å². The highest BCUT2D eigenvalue weighted by molar-refractivity contribution is 7.90. The van der Waals surface area contributed by atoms with E-state index in [-0.39, 0.29) is 4.90 Å². The Bertz CT molecular complexity index is 1030. The van der Waals surface area contributed by atoms with Gasteiger partial charge in [0, 0.05) is 18.8 Å². The van der Waals surface area contributed by atoms with Gasteiger partial charge in [-0.3, -0.25) is 4.90 Å². The number of aliphatic hydroxyl groups excluding tert-OH is 1. The van der Waals surface area contributed by atoms with Gasteiger partial charge >= 0.3 is 0 Å². The Balaban J connectivity index is 1.42. The maximum atomic E-state index is 11.7. The second-order valence-electron chi connectivity index (χ2n) is 10.7. The Morgan fingerprint density at radius 2 is 1.59 bits per heavy atom. The zero-order valence-corrected chi connectivity index (χ0v) is 21.6. The molecule has 2 aliphatic rings. The SMILES string of the molecule is CC(CN1CCCCC1CC1CCCCC1)c1cccc(C(O)c2ccc(S(C)(=O)=O)cc2)c1. The van der Waals surface area contributed by atoms with E-state index in [4.69, 9.17) is 0 Å². The Kier molecular flexibility index (Phi) is 8.49. The van der Waals surface area contributed by atoms with Gasteiger partial charge in [0.15, 0.2) is 9.84 Å². The van der Waals surface area contributed by atoms with Crippen LogP contribution in [0, 0.1) is 5.92 Å². The molecule has 0 radical (unpaired) electrons. The van der Waals surface area contributed by atoms with E-state index in [2.05, 4.69) is 24.0 Å². The molecule has 1 aliphatic heterocycles. The third-order valence-electron chi connectivity index (χ3n) is 8.01. The first-order chi connectivity index (χ1) is 16.3. The standard InChI is InChI=1S/C29H41NO3S/c1-22(21-30-18-7-6-13-27(30)19-23-9-4-3-5-10-23)25-11-8-12-26(20-25)29(31)24-14-16-28(17-15-24)34(2,32)33/h8,11-12,14-17,20,22-23,27,29,31H,3-7,9-10,13,18-19,21H2,1-2H3. The lowest BCUT2D eigenvalue weighted by molar-refractivity contribution is 0.111.